The first-order valence-corrected chi connectivity index (χ1v) is 11.4. The van der Waals surface area contributed by atoms with Crippen molar-refractivity contribution >= 4 is 57.0 Å². The van der Waals surface area contributed by atoms with E-state index < -0.39 is 11.3 Å². The van der Waals surface area contributed by atoms with Crippen LogP contribution in [-0.4, -0.2) is 29.6 Å². The van der Waals surface area contributed by atoms with Crippen LogP contribution in [0.2, 0.25) is 5.15 Å². The number of aromatic amines is 1. The Bertz CT molecular complexity index is 1320. The second-order valence-electron chi connectivity index (χ2n) is 7.47. The van der Waals surface area contributed by atoms with Crippen LogP contribution in [-0.2, 0) is 16.1 Å². The number of fused-ring (bicyclic) bond motifs is 1. The monoisotopic (exact) mass is 467 g/mol. The van der Waals surface area contributed by atoms with E-state index in [0.717, 1.165) is 29.4 Å². The summed E-state index contributed by atoms with van der Waals surface area (Å²) < 4.78 is 23.1. The van der Waals surface area contributed by atoms with E-state index >= 15 is 0 Å². The molecule has 1 unspecified atom stereocenters. The zero-order valence-electron chi connectivity index (χ0n) is 16.7. The lowest BCUT2D eigenvalue weighted by atomic mass is 10.0. The molecule has 1 fully saturated rings. The molecule has 1 aliphatic carbocycles. The smallest absolute Gasteiger partial charge is 0.266 e. The molecule has 162 valence electrons. The van der Waals surface area contributed by atoms with Crippen molar-refractivity contribution in [3.05, 3.63) is 66.1 Å². The molecule has 3 aromatic heterocycles. The fraction of sp³-hybridized carbons (Fsp3) is 0.136. The van der Waals surface area contributed by atoms with Crippen LogP contribution in [0, 0.1) is 5.92 Å². The maximum Gasteiger partial charge on any atom is 0.266 e. The summed E-state index contributed by atoms with van der Waals surface area (Å²) in [4.78, 5) is 23.8. The molecule has 0 saturated heterocycles. The first-order valence-electron chi connectivity index (χ1n) is 9.92. The highest BCUT2D eigenvalue weighted by atomic mass is 35.5. The van der Waals surface area contributed by atoms with Gasteiger partial charge >= 0.3 is 0 Å². The number of anilines is 3. The lowest BCUT2D eigenvalue weighted by Gasteiger charge is -2.20. The Labute approximate surface area is 191 Å². The molecule has 1 amide bonds. The van der Waals surface area contributed by atoms with E-state index in [1.54, 1.807) is 30.5 Å². The van der Waals surface area contributed by atoms with Crippen molar-refractivity contribution < 1.29 is 13.6 Å². The quantitative estimate of drug-likeness (QED) is 0.276. The van der Waals surface area contributed by atoms with Crippen molar-refractivity contribution in [3.63, 3.8) is 0 Å². The number of carbonyl (C=O) groups is 1. The zero-order chi connectivity index (χ0) is 22.2. The van der Waals surface area contributed by atoms with Gasteiger partial charge in [-0.05, 0) is 60.4 Å². The molecule has 3 heterocycles. The summed E-state index contributed by atoms with van der Waals surface area (Å²) in [6.45, 7) is 0. The Morgan fingerprint density at radius 3 is 2.56 bits per heavy atom. The number of hydrogen-bond acceptors (Lipinski definition) is 4. The highest BCUT2D eigenvalue weighted by Crippen LogP contribution is 2.34. The van der Waals surface area contributed by atoms with E-state index in [0.29, 0.717) is 28.0 Å². The second-order valence-corrected chi connectivity index (χ2v) is 8.68. The molecule has 1 atom stereocenters. The number of carbonyl (C=O) groups excluding carboxylic acids is 1. The van der Waals surface area contributed by atoms with Crippen molar-refractivity contribution in [3.8, 4) is 11.1 Å². The molecular formula is C22H18ClN5O3S. The van der Waals surface area contributed by atoms with E-state index in [9.17, 15) is 13.6 Å². The van der Waals surface area contributed by atoms with Crippen LogP contribution in [0.5, 0.6) is 0 Å². The minimum absolute atomic E-state index is 0.0117. The number of rotatable bonds is 6. The molecule has 8 nitrogen and oxygen atoms in total. The fourth-order valence-corrected chi connectivity index (χ4v) is 4.21. The summed E-state index contributed by atoms with van der Waals surface area (Å²) in [6.07, 6.45) is 5.06. The highest BCUT2D eigenvalue weighted by Gasteiger charge is 2.30. The maximum atomic E-state index is 12.2. The van der Waals surface area contributed by atoms with Gasteiger partial charge in [-0.15, -0.1) is 0 Å². The van der Waals surface area contributed by atoms with Gasteiger partial charge in [-0.3, -0.25) is 9.35 Å². The minimum atomic E-state index is -2.30. The van der Waals surface area contributed by atoms with Crippen molar-refractivity contribution in [1.29, 1.82) is 0 Å². The molecule has 0 spiro atoms. The standard InChI is InChI=1S/C22H18ClN5O3S/c23-19-8-7-16(12-25-19)28(32(30)31)15-5-3-13(4-6-15)18-11-20(27-22(29)14-1-2-14)26-21-17(18)9-10-24-21/h3-12,14H,1-2H2,(H,30,31)(H2,24,26,27,29). The van der Waals surface area contributed by atoms with E-state index in [-0.39, 0.29) is 11.8 Å². The van der Waals surface area contributed by atoms with Gasteiger partial charge in [0.15, 0.2) is 0 Å². The topological polar surface area (TPSA) is 111 Å². The van der Waals surface area contributed by atoms with Gasteiger partial charge in [0.05, 0.1) is 17.6 Å². The third kappa shape index (κ3) is 4.10. The number of pyridine rings is 2. The normalized spacial score (nSPS) is 14.3. The van der Waals surface area contributed by atoms with Crippen LogP contribution in [0.15, 0.2) is 60.9 Å². The Balaban J connectivity index is 1.50. The van der Waals surface area contributed by atoms with Gasteiger partial charge < -0.3 is 10.3 Å². The van der Waals surface area contributed by atoms with Crippen molar-refractivity contribution in [2.45, 2.75) is 12.8 Å². The molecule has 32 heavy (non-hydrogen) atoms. The third-order valence-corrected chi connectivity index (χ3v) is 6.20. The average Bonchev–Trinajstić information content (AvgIpc) is 3.53. The molecule has 0 radical (unpaired) electrons. The summed E-state index contributed by atoms with van der Waals surface area (Å²) in [6, 6.07) is 14.2. The summed E-state index contributed by atoms with van der Waals surface area (Å²) in [5.41, 5.74) is 3.38. The number of hydrogen-bond donors (Lipinski definition) is 3. The van der Waals surface area contributed by atoms with Gasteiger partial charge in [0.2, 0.25) is 5.91 Å². The van der Waals surface area contributed by atoms with Crippen LogP contribution in [0.4, 0.5) is 17.2 Å². The van der Waals surface area contributed by atoms with Gasteiger partial charge in [-0.1, -0.05) is 23.7 Å². The number of amides is 1. The number of nitrogens with one attached hydrogen (secondary N) is 2. The molecule has 1 aromatic carbocycles. The zero-order valence-corrected chi connectivity index (χ0v) is 18.2. The number of benzene rings is 1. The Morgan fingerprint density at radius 2 is 1.91 bits per heavy atom. The lowest BCUT2D eigenvalue weighted by Crippen LogP contribution is -2.19. The fourth-order valence-electron chi connectivity index (χ4n) is 3.51. The molecule has 5 rings (SSSR count). The molecule has 4 aromatic rings. The van der Waals surface area contributed by atoms with Gasteiger partial charge in [-0.2, -0.15) is 0 Å². The maximum absolute atomic E-state index is 12.2. The molecule has 1 aliphatic rings. The Hall–Kier alpha value is -3.27. The molecular weight excluding hydrogens is 450 g/mol. The van der Waals surface area contributed by atoms with Gasteiger partial charge in [0.1, 0.15) is 16.6 Å². The summed E-state index contributed by atoms with van der Waals surface area (Å²) in [5, 5.41) is 4.10. The largest absolute Gasteiger partial charge is 0.346 e. The predicted octanol–water partition coefficient (Wildman–Crippen LogP) is 4.90. The molecule has 0 aliphatic heterocycles. The van der Waals surface area contributed by atoms with E-state index in [1.807, 2.05) is 24.3 Å². The van der Waals surface area contributed by atoms with Crippen molar-refractivity contribution in [1.82, 2.24) is 15.0 Å². The highest BCUT2D eigenvalue weighted by molar-refractivity contribution is 7.81. The molecule has 0 bridgehead atoms. The molecule has 10 heteroatoms. The molecule has 3 N–H and O–H groups in total. The van der Waals surface area contributed by atoms with Crippen LogP contribution in [0.25, 0.3) is 22.2 Å². The van der Waals surface area contributed by atoms with E-state index in [2.05, 4.69) is 20.3 Å². The summed E-state index contributed by atoms with van der Waals surface area (Å²) in [7, 11) is 0. The van der Waals surface area contributed by atoms with Crippen LogP contribution in [0.3, 0.4) is 0 Å². The third-order valence-electron chi connectivity index (χ3n) is 5.24. The van der Waals surface area contributed by atoms with Crippen molar-refractivity contribution in [2.75, 3.05) is 9.62 Å². The average molecular weight is 468 g/mol. The first kappa shape index (κ1) is 20.6. The summed E-state index contributed by atoms with van der Waals surface area (Å²) >= 11 is 3.53. The second kappa shape index (κ2) is 8.34. The predicted molar refractivity (Wildman–Crippen MR) is 125 cm³/mol. The number of halogens is 1. The summed E-state index contributed by atoms with van der Waals surface area (Å²) in [5.74, 6) is 0.551. The van der Waals surface area contributed by atoms with Crippen LogP contribution < -0.4 is 9.62 Å². The lowest BCUT2D eigenvalue weighted by molar-refractivity contribution is -0.117. The Morgan fingerprint density at radius 1 is 1.16 bits per heavy atom. The Kier molecular flexibility index (Phi) is 5.38. The van der Waals surface area contributed by atoms with Crippen LogP contribution >= 0.6 is 11.6 Å². The van der Waals surface area contributed by atoms with Gasteiger partial charge in [-0.25, -0.2) is 18.5 Å². The number of aromatic nitrogens is 3. The van der Waals surface area contributed by atoms with E-state index in [4.69, 9.17) is 11.6 Å². The molecule has 1 saturated carbocycles. The van der Waals surface area contributed by atoms with E-state index in [1.165, 1.54) is 10.5 Å². The minimum Gasteiger partial charge on any atom is -0.346 e. The van der Waals surface area contributed by atoms with Crippen LogP contribution in [0.1, 0.15) is 12.8 Å². The van der Waals surface area contributed by atoms with Gasteiger partial charge in [0.25, 0.3) is 11.3 Å². The first-order chi connectivity index (χ1) is 15.5. The van der Waals surface area contributed by atoms with Gasteiger partial charge in [0, 0.05) is 17.5 Å². The SMILES string of the molecule is O=C(Nc1cc(-c2ccc(N(c3ccc(Cl)nc3)S(=O)O)cc2)c2cc[nH]c2n1)C1CC1. The van der Waals surface area contributed by atoms with Crippen molar-refractivity contribution in [2.24, 2.45) is 5.92 Å². The number of nitrogens with zero attached hydrogens (tertiary/aromatic N) is 3. The number of H-pyrrole nitrogens is 1.